The van der Waals surface area contributed by atoms with Gasteiger partial charge in [-0.05, 0) is 37.3 Å². The predicted molar refractivity (Wildman–Crippen MR) is 69.1 cm³/mol. The first-order valence-electron chi connectivity index (χ1n) is 6.23. The van der Waals surface area contributed by atoms with Gasteiger partial charge >= 0.3 is 0 Å². The highest BCUT2D eigenvalue weighted by atomic mass is 16.5. The van der Waals surface area contributed by atoms with Gasteiger partial charge in [-0.1, -0.05) is 18.2 Å². The summed E-state index contributed by atoms with van der Waals surface area (Å²) in [5.41, 5.74) is 10.7. The number of hydrogen-bond donors (Lipinski definition) is 3. The molecule has 4 nitrogen and oxygen atoms in total. The van der Waals surface area contributed by atoms with Crippen molar-refractivity contribution in [1.82, 2.24) is 5.43 Å². The monoisotopic (exact) mass is 235 g/mol. The van der Waals surface area contributed by atoms with Gasteiger partial charge in [-0.15, -0.1) is 0 Å². The van der Waals surface area contributed by atoms with E-state index in [4.69, 9.17) is 16.3 Å². The lowest BCUT2D eigenvalue weighted by Crippen LogP contribution is -2.29. The molecule has 1 fully saturated rings. The van der Waals surface area contributed by atoms with Gasteiger partial charge in [0.15, 0.2) is 0 Å². The minimum absolute atomic E-state index is 0.111. The van der Waals surface area contributed by atoms with Crippen molar-refractivity contribution < 1.29 is 4.74 Å². The normalized spacial score (nSPS) is 21.6. The van der Waals surface area contributed by atoms with Crippen LogP contribution in [-0.2, 0) is 4.74 Å². The van der Waals surface area contributed by atoms with Crippen LogP contribution in [0.3, 0.4) is 0 Å². The van der Waals surface area contributed by atoms with Crippen molar-refractivity contribution in [1.29, 1.82) is 0 Å². The van der Waals surface area contributed by atoms with Gasteiger partial charge < -0.3 is 10.5 Å². The zero-order valence-electron chi connectivity index (χ0n) is 10.1. The Labute approximate surface area is 102 Å². The molecule has 0 aromatic heterocycles. The number of ether oxygens (including phenoxy) is 1. The van der Waals surface area contributed by atoms with E-state index in [0.717, 1.165) is 30.7 Å². The largest absolute Gasteiger partial charge is 0.398 e. The topological polar surface area (TPSA) is 73.3 Å². The maximum absolute atomic E-state index is 5.95. The number of hydrazine groups is 1. The molecule has 5 N–H and O–H groups in total. The Morgan fingerprint density at radius 3 is 2.88 bits per heavy atom. The molecule has 4 heteroatoms. The van der Waals surface area contributed by atoms with Crippen molar-refractivity contribution in [2.45, 2.75) is 37.8 Å². The summed E-state index contributed by atoms with van der Waals surface area (Å²) in [5, 5.41) is 0. The average molecular weight is 235 g/mol. The Hall–Kier alpha value is -1.10. The van der Waals surface area contributed by atoms with E-state index in [1.165, 1.54) is 12.8 Å². The van der Waals surface area contributed by atoms with Crippen molar-refractivity contribution in [2.75, 3.05) is 12.3 Å². The highest BCUT2D eigenvalue weighted by molar-refractivity contribution is 5.48. The lowest BCUT2D eigenvalue weighted by molar-refractivity contribution is 0.0996. The number of nitrogen functional groups attached to an aromatic ring is 1. The lowest BCUT2D eigenvalue weighted by Gasteiger charge is -2.19. The predicted octanol–water partition coefficient (Wildman–Crippen LogP) is 1.73. The summed E-state index contributed by atoms with van der Waals surface area (Å²) in [6.45, 7) is 0.902. The van der Waals surface area contributed by atoms with Gasteiger partial charge in [-0.25, -0.2) is 0 Å². The molecule has 1 aromatic rings. The third kappa shape index (κ3) is 3.19. The summed E-state index contributed by atoms with van der Waals surface area (Å²) < 4.78 is 5.61. The standard InChI is InChI=1S/C13H21N3O/c14-12-6-2-1-5-11(12)13(16-15)8-7-10-4-3-9-17-10/h1-2,5-6,10,13,16H,3-4,7-9,14-15H2. The van der Waals surface area contributed by atoms with Crippen LogP contribution in [-0.4, -0.2) is 12.7 Å². The molecule has 0 amide bonds. The zero-order valence-corrected chi connectivity index (χ0v) is 10.1. The first kappa shape index (κ1) is 12.4. The van der Waals surface area contributed by atoms with Gasteiger partial charge in [0, 0.05) is 18.3 Å². The number of rotatable bonds is 5. The Morgan fingerprint density at radius 1 is 1.41 bits per heavy atom. The summed E-state index contributed by atoms with van der Waals surface area (Å²) in [5.74, 6) is 5.61. The van der Waals surface area contributed by atoms with Crippen molar-refractivity contribution in [2.24, 2.45) is 5.84 Å². The fourth-order valence-electron chi connectivity index (χ4n) is 2.38. The molecule has 17 heavy (non-hydrogen) atoms. The molecule has 1 aromatic carbocycles. The van der Waals surface area contributed by atoms with Gasteiger partial charge in [-0.2, -0.15) is 0 Å². The van der Waals surface area contributed by atoms with Crippen LogP contribution in [0.2, 0.25) is 0 Å². The van der Waals surface area contributed by atoms with Crippen molar-refractivity contribution in [3.8, 4) is 0 Å². The Bertz CT molecular complexity index is 350. The second-order valence-electron chi connectivity index (χ2n) is 4.56. The molecule has 1 aliphatic heterocycles. The van der Waals surface area contributed by atoms with E-state index in [-0.39, 0.29) is 6.04 Å². The van der Waals surface area contributed by atoms with E-state index in [0.29, 0.717) is 6.10 Å². The van der Waals surface area contributed by atoms with E-state index in [1.54, 1.807) is 0 Å². The van der Waals surface area contributed by atoms with Crippen molar-refractivity contribution in [3.05, 3.63) is 29.8 Å². The van der Waals surface area contributed by atoms with Gasteiger partial charge in [0.05, 0.1) is 6.10 Å². The molecule has 1 aliphatic rings. The molecule has 1 saturated heterocycles. The number of nitrogens with one attached hydrogen (secondary N) is 1. The molecule has 1 heterocycles. The van der Waals surface area contributed by atoms with E-state index >= 15 is 0 Å². The van der Waals surface area contributed by atoms with E-state index in [1.807, 2.05) is 24.3 Å². The summed E-state index contributed by atoms with van der Waals surface area (Å²) in [6, 6.07) is 7.97. The van der Waals surface area contributed by atoms with Gasteiger partial charge in [0.1, 0.15) is 0 Å². The Kier molecular flexibility index (Phi) is 4.36. The molecule has 2 rings (SSSR count). The van der Waals surface area contributed by atoms with E-state index in [9.17, 15) is 0 Å². The second kappa shape index (κ2) is 6.00. The SMILES string of the molecule is NNC(CCC1CCCO1)c1ccccc1N. The lowest BCUT2D eigenvalue weighted by atomic mass is 9.98. The van der Waals surface area contributed by atoms with Gasteiger partial charge in [0.2, 0.25) is 0 Å². The van der Waals surface area contributed by atoms with Gasteiger partial charge in [-0.3, -0.25) is 11.3 Å². The van der Waals surface area contributed by atoms with E-state index in [2.05, 4.69) is 5.43 Å². The van der Waals surface area contributed by atoms with Crippen LogP contribution >= 0.6 is 0 Å². The number of para-hydroxylation sites is 1. The zero-order chi connectivity index (χ0) is 12.1. The average Bonchev–Trinajstić information content (AvgIpc) is 2.85. The molecule has 2 unspecified atom stereocenters. The molecule has 2 atom stereocenters. The van der Waals surface area contributed by atoms with Crippen LogP contribution < -0.4 is 17.0 Å². The third-order valence-electron chi connectivity index (χ3n) is 3.37. The van der Waals surface area contributed by atoms with Gasteiger partial charge in [0.25, 0.3) is 0 Å². The summed E-state index contributed by atoms with van der Waals surface area (Å²) >= 11 is 0. The molecule has 0 aliphatic carbocycles. The summed E-state index contributed by atoms with van der Waals surface area (Å²) in [4.78, 5) is 0. The quantitative estimate of drug-likeness (QED) is 0.413. The number of hydrogen-bond acceptors (Lipinski definition) is 4. The maximum Gasteiger partial charge on any atom is 0.0576 e. The number of nitrogens with two attached hydrogens (primary N) is 2. The highest BCUT2D eigenvalue weighted by Crippen LogP contribution is 2.26. The fourth-order valence-corrected chi connectivity index (χ4v) is 2.38. The summed E-state index contributed by atoms with van der Waals surface area (Å²) in [7, 11) is 0. The van der Waals surface area contributed by atoms with Crippen molar-refractivity contribution >= 4 is 5.69 Å². The van der Waals surface area contributed by atoms with Crippen LogP contribution in [0.5, 0.6) is 0 Å². The van der Waals surface area contributed by atoms with Crippen molar-refractivity contribution in [3.63, 3.8) is 0 Å². The molecule has 0 radical (unpaired) electrons. The van der Waals surface area contributed by atoms with Crippen LogP contribution in [0.25, 0.3) is 0 Å². The number of benzene rings is 1. The molecule has 0 saturated carbocycles. The van der Waals surface area contributed by atoms with Crippen LogP contribution in [0, 0.1) is 0 Å². The first-order chi connectivity index (χ1) is 8.31. The van der Waals surface area contributed by atoms with E-state index < -0.39 is 0 Å². The Balaban J connectivity index is 1.94. The molecule has 94 valence electrons. The third-order valence-corrected chi connectivity index (χ3v) is 3.37. The molecule has 0 bridgehead atoms. The fraction of sp³-hybridized carbons (Fsp3) is 0.538. The summed E-state index contributed by atoms with van der Waals surface area (Å²) in [6.07, 6.45) is 4.73. The second-order valence-corrected chi connectivity index (χ2v) is 4.56. The minimum Gasteiger partial charge on any atom is -0.398 e. The van der Waals surface area contributed by atoms with Crippen LogP contribution in [0.15, 0.2) is 24.3 Å². The molecule has 0 spiro atoms. The minimum atomic E-state index is 0.111. The first-order valence-corrected chi connectivity index (χ1v) is 6.23. The maximum atomic E-state index is 5.95. The highest BCUT2D eigenvalue weighted by Gasteiger charge is 2.19. The van der Waals surface area contributed by atoms with Crippen LogP contribution in [0.1, 0.15) is 37.3 Å². The smallest absolute Gasteiger partial charge is 0.0576 e. The number of anilines is 1. The Morgan fingerprint density at radius 2 is 2.24 bits per heavy atom. The van der Waals surface area contributed by atoms with Crippen LogP contribution in [0.4, 0.5) is 5.69 Å². The molecular weight excluding hydrogens is 214 g/mol. The molecular formula is C13H21N3O.